The van der Waals surface area contributed by atoms with Crippen LogP contribution in [0.15, 0.2) is 0 Å². The van der Waals surface area contributed by atoms with E-state index in [2.05, 4.69) is 0 Å². The molecule has 0 amide bonds. The SMILES string of the molecule is OC[C@H]1O[C@H](O[C@H]2[C@H](O)[C@@H](O)[C@@H](OC[C@H]3O[C@H](O[C@H]4[C@H](O)[C@@H](O)C(O)O[C@@H]4CO)[C@H](O)[C@@H](O)[C@@H]3O)O[C@@H]2CO)[C@H](O)[C@@H](O)[C@@H]1O. The average molecular weight is 667 g/mol. The summed E-state index contributed by atoms with van der Waals surface area (Å²) in [6.45, 7) is -3.15. The van der Waals surface area contributed by atoms with Gasteiger partial charge in [-0.2, -0.15) is 0 Å². The van der Waals surface area contributed by atoms with E-state index in [4.69, 9.17) is 33.2 Å². The standard InChI is InChI=1S/C24H42O21/c25-1-5-9(28)11(30)16(35)23(41-5)45-20-7(3-27)42-22(18(37)14(20)33)39-4-8-10(29)12(31)17(36)24(43-8)44-19-6(2-26)40-21(38)15(34)13(19)32/h5-38H,1-4H2/t5-,6-,7-,8-,9-,10-,11+,12+,13-,14-,15-,16-,17-,18-,19-,20-,21?,22+,23-,24-/m1/s1. The highest BCUT2D eigenvalue weighted by atomic mass is 16.8. The van der Waals surface area contributed by atoms with Gasteiger partial charge >= 0.3 is 0 Å². The predicted molar refractivity (Wildman–Crippen MR) is 134 cm³/mol. The second-order valence-electron chi connectivity index (χ2n) is 11.2. The van der Waals surface area contributed by atoms with Gasteiger partial charge < -0.3 is 105 Å². The summed E-state index contributed by atoms with van der Waals surface area (Å²) in [5, 5.41) is 142. The lowest BCUT2D eigenvalue weighted by Crippen LogP contribution is -2.65. The molecule has 0 aromatic rings. The van der Waals surface area contributed by atoms with Crippen LogP contribution in [0, 0.1) is 0 Å². The van der Waals surface area contributed by atoms with Crippen LogP contribution in [-0.4, -0.2) is 221 Å². The third kappa shape index (κ3) is 7.59. The molecule has 21 nitrogen and oxygen atoms in total. The van der Waals surface area contributed by atoms with Crippen LogP contribution in [-0.2, 0) is 33.2 Å². The van der Waals surface area contributed by atoms with Gasteiger partial charge in [-0.3, -0.25) is 0 Å². The van der Waals surface area contributed by atoms with E-state index in [1.54, 1.807) is 0 Å². The molecule has 14 N–H and O–H groups in total. The highest BCUT2D eigenvalue weighted by Crippen LogP contribution is 2.32. The lowest BCUT2D eigenvalue weighted by atomic mass is 9.96. The zero-order chi connectivity index (χ0) is 33.3. The monoisotopic (exact) mass is 666 g/mol. The molecule has 45 heavy (non-hydrogen) atoms. The van der Waals surface area contributed by atoms with Gasteiger partial charge in [-0.25, -0.2) is 0 Å². The maximum atomic E-state index is 10.8. The Labute approximate surface area is 254 Å². The van der Waals surface area contributed by atoms with Crippen molar-refractivity contribution in [3.63, 3.8) is 0 Å². The van der Waals surface area contributed by atoms with Gasteiger partial charge in [0.15, 0.2) is 25.2 Å². The summed E-state index contributed by atoms with van der Waals surface area (Å²) in [4.78, 5) is 0. The van der Waals surface area contributed by atoms with Crippen molar-refractivity contribution in [2.24, 2.45) is 0 Å². The number of ether oxygens (including phenoxy) is 7. The van der Waals surface area contributed by atoms with Crippen molar-refractivity contribution in [2.45, 2.75) is 123 Å². The van der Waals surface area contributed by atoms with E-state index in [1.165, 1.54) is 0 Å². The Balaban J connectivity index is 1.39. The molecule has 21 heteroatoms. The van der Waals surface area contributed by atoms with E-state index in [1.807, 2.05) is 0 Å². The molecule has 0 aliphatic carbocycles. The van der Waals surface area contributed by atoms with Crippen LogP contribution in [0.25, 0.3) is 0 Å². The van der Waals surface area contributed by atoms with Gasteiger partial charge in [0.25, 0.3) is 0 Å². The molecule has 4 aliphatic rings. The normalized spacial score (nSPS) is 52.9. The van der Waals surface area contributed by atoms with E-state index in [-0.39, 0.29) is 0 Å². The molecule has 4 saturated heterocycles. The van der Waals surface area contributed by atoms with Crippen LogP contribution in [0.4, 0.5) is 0 Å². The van der Waals surface area contributed by atoms with E-state index in [0.29, 0.717) is 0 Å². The Morgan fingerprint density at radius 2 is 0.778 bits per heavy atom. The van der Waals surface area contributed by atoms with Crippen molar-refractivity contribution >= 4 is 0 Å². The van der Waals surface area contributed by atoms with Crippen LogP contribution in [0.5, 0.6) is 0 Å². The molecule has 4 rings (SSSR count). The Hall–Kier alpha value is -0.840. The smallest absolute Gasteiger partial charge is 0.187 e. The highest BCUT2D eigenvalue weighted by Gasteiger charge is 2.53. The minimum Gasteiger partial charge on any atom is -0.394 e. The molecule has 0 spiro atoms. The van der Waals surface area contributed by atoms with Crippen LogP contribution in [0.3, 0.4) is 0 Å². The Morgan fingerprint density at radius 1 is 0.378 bits per heavy atom. The summed E-state index contributed by atoms with van der Waals surface area (Å²) < 4.78 is 37.5. The first-order chi connectivity index (χ1) is 21.2. The fourth-order valence-corrected chi connectivity index (χ4v) is 5.44. The molecule has 0 saturated carbocycles. The van der Waals surface area contributed by atoms with E-state index in [9.17, 15) is 71.5 Å². The van der Waals surface area contributed by atoms with Gasteiger partial charge in [-0.1, -0.05) is 0 Å². The Bertz CT molecular complexity index is 912. The van der Waals surface area contributed by atoms with Crippen molar-refractivity contribution < 1.29 is 105 Å². The average Bonchev–Trinajstić information content (AvgIpc) is 3.03. The van der Waals surface area contributed by atoms with Crippen molar-refractivity contribution in [3.8, 4) is 0 Å². The van der Waals surface area contributed by atoms with E-state index < -0.39 is 149 Å². The van der Waals surface area contributed by atoms with Crippen molar-refractivity contribution in [1.29, 1.82) is 0 Å². The molecule has 20 atom stereocenters. The molecule has 4 aliphatic heterocycles. The Morgan fingerprint density at radius 3 is 1.29 bits per heavy atom. The van der Waals surface area contributed by atoms with Gasteiger partial charge in [0.05, 0.1) is 26.4 Å². The summed E-state index contributed by atoms with van der Waals surface area (Å²) in [5.74, 6) is 0. The largest absolute Gasteiger partial charge is 0.394 e. The molecule has 0 aromatic carbocycles. The zero-order valence-corrected chi connectivity index (χ0v) is 23.5. The van der Waals surface area contributed by atoms with Gasteiger partial charge in [0.1, 0.15) is 97.7 Å². The van der Waals surface area contributed by atoms with Gasteiger partial charge in [-0.05, 0) is 0 Å². The fraction of sp³-hybridized carbons (Fsp3) is 1.00. The van der Waals surface area contributed by atoms with Crippen LogP contribution in [0.1, 0.15) is 0 Å². The molecule has 4 heterocycles. The quantitative estimate of drug-likeness (QED) is 0.103. The molecule has 0 radical (unpaired) electrons. The minimum atomic E-state index is -1.94. The third-order valence-electron chi connectivity index (χ3n) is 8.18. The third-order valence-corrected chi connectivity index (χ3v) is 8.18. The van der Waals surface area contributed by atoms with Gasteiger partial charge in [0.2, 0.25) is 0 Å². The number of aliphatic hydroxyl groups excluding tert-OH is 14. The molecule has 4 fully saturated rings. The molecule has 0 bridgehead atoms. The van der Waals surface area contributed by atoms with Crippen molar-refractivity contribution in [1.82, 2.24) is 0 Å². The second kappa shape index (κ2) is 15.6. The fourth-order valence-electron chi connectivity index (χ4n) is 5.44. The van der Waals surface area contributed by atoms with Crippen molar-refractivity contribution in [2.75, 3.05) is 26.4 Å². The second-order valence-corrected chi connectivity index (χ2v) is 11.2. The summed E-state index contributed by atoms with van der Waals surface area (Å²) in [7, 11) is 0. The lowest BCUT2D eigenvalue weighted by Gasteiger charge is -2.47. The summed E-state index contributed by atoms with van der Waals surface area (Å²) in [5.41, 5.74) is 0. The molecule has 264 valence electrons. The number of hydrogen-bond acceptors (Lipinski definition) is 21. The summed E-state index contributed by atoms with van der Waals surface area (Å²) >= 11 is 0. The van der Waals surface area contributed by atoms with Gasteiger partial charge in [0, 0.05) is 0 Å². The molecule has 0 aromatic heterocycles. The number of hydrogen-bond donors (Lipinski definition) is 14. The summed E-state index contributed by atoms with van der Waals surface area (Å²) in [6.07, 6.45) is -34.8. The van der Waals surface area contributed by atoms with Crippen LogP contribution < -0.4 is 0 Å². The Kier molecular flexibility index (Phi) is 12.8. The lowest BCUT2D eigenvalue weighted by molar-refractivity contribution is -0.371. The van der Waals surface area contributed by atoms with Crippen LogP contribution in [0.2, 0.25) is 0 Å². The van der Waals surface area contributed by atoms with Crippen molar-refractivity contribution in [3.05, 3.63) is 0 Å². The zero-order valence-electron chi connectivity index (χ0n) is 23.5. The first-order valence-corrected chi connectivity index (χ1v) is 14.1. The van der Waals surface area contributed by atoms with E-state index >= 15 is 0 Å². The first kappa shape index (κ1) is 37.0. The summed E-state index contributed by atoms with van der Waals surface area (Å²) in [6, 6.07) is 0. The van der Waals surface area contributed by atoms with Gasteiger partial charge in [-0.15, -0.1) is 0 Å². The predicted octanol–water partition coefficient (Wildman–Crippen LogP) is -9.75. The minimum absolute atomic E-state index is 0.718. The highest BCUT2D eigenvalue weighted by molar-refractivity contribution is 4.96. The first-order valence-electron chi connectivity index (χ1n) is 14.1. The molecule has 1 unspecified atom stereocenters. The number of aliphatic hydroxyl groups is 14. The van der Waals surface area contributed by atoms with Crippen LogP contribution >= 0.6 is 0 Å². The maximum Gasteiger partial charge on any atom is 0.187 e. The van der Waals surface area contributed by atoms with E-state index in [0.717, 1.165) is 0 Å². The molecular formula is C24H42O21. The molecular weight excluding hydrogens is 624 g/mol. The topological polar surface area (TPSA) is 348 Å². The number of rotatable bonds is 10. The maximum absolute atomic E-state index is 10.8.